The number of benzene rings is 2. The maximum Gasteiger partial charge on any atom is 0.261 e. The fourth-order valence-electron chi connectivity index (χ4n) is 4.03. The minimum absolute atomic E-state index is 0.0472. The van der Waals surface area contributed by atoms with Crippen molar-refractivity contribution in [1.29, 1.82) is 0 Å². The number of carbonyl (C=O) groups excluding carboxylic acids is 2. The molecule has 1 heterocycles. The third-order valence-corrected chi connectivity index (χ3v) is 7.60. The first-order valence-corrected chi connectivity index (χ1v) is 13.2. The molecule has 1 aliphatic carbocycles. The molecule has 2 aromatic rings. The smallest absolute Gasteiger partial charge is 0.261 e. The van der Waals surface area contributed by atoms with Crippen molar-refractivity contribution in [2.45, 2.75) is 43.9 Å². The Labute approximate surface area is 195 Å². The third-order valence-electron chi connectivity index (χ3n) is 6.22. The van der Waals surface area contributed by atoms with Gasteiger partial charge >= 0.3 is 0 Å². The second-order valence-electron chi connectivity index (χ2n) is 8.83. The average molecular weight is 470 g/mol. The van der Waals surface area contributed by atoms with Gasteiger partial charge in [0, 0.05) is 43.3 Å². The van der Waals surface area contributed by atoms with Crippen LogP contribution in [0.4, 0.5) is 5.69 Å². The van der Waals surface area contributed by atoms with Gasteiger partial charge in [0.15, 0.2) is 0 Å². The van der Waals surface area contributed by atoms with E-state index in [2.05, 4.69) is 11.6 Å². The number of hydrogen-bond acceptors (Lipinski definition) is 4. The summed E-state index contributed by atoms with van der Waals surface area (Å²) in [6, 6.07) is 13.5. The molecule has 2 aliphatic rings. The minimum Gasteiger partial charge on any atom is -0.339 e. The molecular formula is C25H31N3O4S. The fourth-order valence-corrected chi connectivity index (χ4v) is 5.14. The summed E-state index contributed by atoms with van der Waals surface area (Å²) in [7, 11) is -3.83. The molecule has 33 heavy (non-hydrogen) atoms. The highest BCUT2D eigenvalue weighted by Gasteiger charge is 2.35. The number of amides is 2. The number of unbranched alkanes of at least 4 members (excludes halogenated alkanes) is 1. The molecule has 0 unspecified atom stereocenters. The van der Waals surface area contributed by atoms with Crippen LogP contribution in [0.25, 0.3) is 0 Å². The second kappa shape index (κ2) is 9.95. The summed E-state index contributed by atoms with van der Waals surface area (Å²) in [6.07, 6.45) is 5.11. The Kier molecular flexibility index (Phi) is 7.02. The van der Waals surface area contributed by atoms with Gasteiger partial charge < -0.3 is 9.80 Å². The maximum atomic E-state index is 13.0. The number of rotatable bonds is 8. The van der Waals surface area contributed by atoms with Crippen molar-refractivity contribution >= 4 is 27.5 Å². The number of hydrogen-bond donors (Lipinski definition) is 1. The monoisotopic (exact) mass is 469 g/mol. The van der Waals surface area contributed by atoms with Gasteiger partial charge in [-0.2, -0.15) is 0 Å². The highest BCUT2D eigenvalue weighted by Crippen LogP contribution is 2.31. The van der Waals surface area contributed by atoms with E-state index < -0.39 is 10.0 Å². The molecule has 2 fully saturated rings. The first kappa shape index (κ1) is 23.3. The lowest BCUT2D eigenvalue weighted by atomic mass is 10.1. The summed E-state index contributed by atoms with van der Waals surface area (Å²) in [5.74, 6) is 0.152. The molecule has 2 aromatic carbocycles. The quantitative estimate of drug-likeness (QED) is 0.641. The summed E-state index contributed by atoms with van der Waals surface area (Å²) in [5.41, 5.74) is 1.99. The maximum absolute atomic E-state index is 13.0. The zero-order chi connectivity index (χ0) is 23.4. The van der Waals surface area contributed by atoms with Crippen LogP contribution in [0.5, 0.6) is 0 Å². The van der Waals surface area contributed by atoms with E-state index in [0.29, 0.717) is 37.4 Å². The number of carbonyl (C=O) groups is 2. The molecule has 0 aromatic heterocycles. The molecule has 1 aliphatic heterocycles. The van der Waals surface area contributed by atoms with Crippen LogP contribution in [0.3, 0.4) is 0 Å². The van der Waals surface area contributed by atoms with Crippen LogP contribution in [0.2, 0.25) is 0 Å². The summed E-state index contributed by atoms with van der Waals surface area (Å²) >= 11 is 0. The number of piperazine rings is 1. The lowest BCUT2D eigenvalue weighted by Crippen LogP contribution is -2.51. The van der Waals surface area contributed by atoms with Crippen molar-refractivity contribution in [3.05, 3.63) is 59.7 Å². The zero-order valence-corrected chi connectivity index (χ0v) is 19.8. The number of aryl methyl sites for hydroxylation is 1. The summed E-state index contributed by atoms with van der Waals surface area (Å²) in [5, 5.41) is 0. The van der Waals surface area contributed by atoms with E-state index in [1.165, 1.54) is 17.7 Å². The van der Waals surface area contributed by atoms with Gasteiger partial charge in [-0.05, 0) is 61.6 Å². The van der Waals surface area contributed by atoms with Gasteiger partial charge in [0.2, 0.25) is 5.91 Å². The zero-order valence-electron chi connectivity index (χ0n) is 19.0. The van der Waals surface area contributed by atoms with E-state index >= 15 is 0 Å². The van der Waals surface area contributed by atoms with E-state index in [4.69, 9.17) is 0 Å². The topological polar surface area (TPSA) is 86.8 Å². The van der Waals surface area contributed by atoms with Gasteiger partial charge in [0.05, 0.1) is 4.90 Å². The molecule has 1 saturated heterocycles. The minimum atomic E-state index is -3.83. The van der Waals surface area contributed by atoms with Crippen LogP contribution in [0, 0.1) is 5.92 Å². The Morgan fingerprint density at radius 3 is 2.27 bits per heavy atom. The second-order valence-corrected chi connectivity index (χ2v) is 10.5. The molecule has 0 bridgehead atoms. The van der Waals surface area contributed by atoms with E-state index in [0.717, 1.165) is 32.1 Å². The van der Waals surface area contributed by atoms with Gasteiger partial charge in [-0.3, -0.25) is 14.3 Å². The largest absolute Gasteiger partial charge is 0.339 e. The summed E-state index contributed by atoms with van der Waals surface area (Å²) in [6.45, 7) is 4.09. The van der Waals surface area contributed by atoms with Crippen molar-refractivity contribution in [1.82, 2.24) is 9.80 Å². The first-order valence-electron chi connectivity index (χ1n) is 11.7. The van der Waals surface area contributed by atoms with Crippen molar-refractivity contribution in [2.24, 2.45) is 5.92 Å². The molecule has 8 heteroatoms. The lowest BCUT2D eigenvalue weighted by molar-refractivity contribution is -0.134. The van der Waals surface area contributed by atoms with Gasteiger partial charge in [-0.1, -0.05) is 31.5 Å². The van der Waals surface area contributed by atoms with Crippen molar-refractivity contribution in [3.63, 3.8) is 0 Å². The normalized spacial score (nSPS) is 16.5. The Morgan fingerprint density at radius 2 is 1.64 bits per heavy atom. The Hall–Kier alpha value is -2.87. The molecule has 0 spiro atoms. The highest BCUT2D eigenvalue weighted by molar-refractivity contribution is 7.92. The predicted molar refractivity (Wildman–Crippen MR) is 128 cm³/mol. The first-order chi connectivity index (χ1) is 15.9. The molecule has 2 amide bonds. The third kappa shape index (κ3) is 5.74. The van der Waals surface area contributed by atoms with Crippen LogP contribution in [0.15, 0.2) is 53.4 Å². The summed E-state index contributed by atoms with van der Waals surface area (Å²) in [4.78, 5) is 28.8. The van der Waals surface area contributed by atoms with Crippen molar-refractivity contribution in [2.75, 3.05) is 30.9 Å². The van der Waals surface area contributed by atoms with Gasteiger partial charge in [0.1, 0.15) is 0 Å². The lowest BCUT2D eigenvalue weighted by Gasteiger charge is -2.35. The molecular weight excluding hydrogens is 438 g/mol. The van der Waals surface area contributed by atoms with Crippen LogP contribution in [0.1, 0.15) is 48.5 Å². The number of nitrogens with one attached hydrogen (secondary N) is 1. The summed E-state index contributed by atoms with van der Waals surface area (Å²) < 4.78 is 28.4. The van der Waals surface area contributed by atoms with E-state index in [1.807, 2.05) is 17.0 Å². The number of anilines is 1. The fraction of sp³-hybridized carbons (Fsp3) is 0.440. The van der Waals surface area contributed by atoms with Gasteiger partial charge in [-0.25, -0.2) is 8.42 Å². The molecule has 0 radical (unpaired) electrons. The molecule has 1 N–H and O–H groups in total. The van der Waals surface area contributed by atoms with Crippen LogP contribution < -0.4 is 4.72 Å². The van der Waals surface area contributed by atoms with E-state index in [9.17, 15) is 18.0 Å². The molecule has 176 valence electrons. The molecule has 7 nitrogen and oxygen atoms in total. The Balaban J connectivity index is 1.40. The van der Waals surface area contributed by atoms with Crippen LogP contribution in [-0.4, -0.2) is 56.2 Å². The van der Waals surface area contributed by atoms with Gasteiger partial charge in [-0.15, -0.1) is 0 Å². The Bertz CT molecular complexity index is 1100. The Morgan fingerprint density at radius 1 is 0.970 bits per heavy atom. The molecule has 1 saturated carbocycles. The van der Waals surface area contributed by atoms with E-state index in [-0.39, 0.29) is 22.6 Å². The van der Waals surface area contributed by atoms with E-state index in [1.54, 1.807) is 29.2 Å². The van der Waals surface area contributed by atoms with Crippen LogP contribution >= 0.6 is 0 Å². The molecule has 4 rings (SSSR count). The van der Waals surface area contributed by atoms with Crippen LogP contribution in [-0.2, 0) is 21.2 Å². The average Bonchev–Trinajstić information content (AvgIpc) is 3.68. The molecule has 0 atom stereocenters. The number of sulfonamides is 1. The van der Waals surface area contributed by atoms with Gasteiger partial charge in [0.25, 0.3) is 15.9 Å². The highest BCUT2D eigenvalue weighted by atomic mass is 32.2. The van der Waals surface area contributed by atoms with Crippen molar-refractivity contribution < 1.29 is 18.0 Å². The standard InChI is InChI=1S/C25H31N3O4S/c1-2-3-5-19-8-12-22(13-9-19)26-33(31,32)23-7-4-6-21(18-23)25(30)28-16-14-27(15-17-28)24(29)20-10-11-20/h4,6-9,12-13,18,20,26H,2-3,5,10-11,14-17H2,1H3. The number of nitrogens with zero attached hydrogens (tertiary/aromatic N) is 2. The van der Waals surface area contributed by atoms with Crippen molar-refractivity contribution in [3.8, 4) is 0 Å². The SMILES string of the molecule is CCCCc1ccc(NS(=O)(=O)c2cccc(C(=O)N3CCN(C(=O)C4CC4)CC3)c2)cc1. The predicted octanol–water partition coefficient (Wildman–Crippen LogP) is 3.52.